The van der Waals surface area contributed by atoms with Gasteiger partial charge >= 0.3 is 0 Å². The molecule has 14 heavy (non-hydrogen) atoms. The second-order valence-electron chi connectivity index (χ2n) is 4.86. The minimum Gasteiger partial charge on any atom is -0.303 e. The summed E-state index contributed by atoms with van der Waals surface area (Å²) >= 11 is 0. The Labute approximate surface area is 89.3 Å². The average molecular weight is 198 g/mol. The van der Waals surface area contributed by atoms with E-state index in [-0.39, 0.29) is 0 Å². The summed E-state index contributed by atoms with van der Waals surface area (Å²) < 4.78 is 0. The van der Waals surface area contributed by atoms with Gasteiger partial charge in [-0.3, -0.25) is 0 Å². The van der Waals surface area contributed by atoms with Gasteiger partial charge in [-0.15, -0.1) is 0 Å². The number of hydrogen-bond donors (Lipinski definition) is 0. The van der Waals surface area contributed by atoms with E-state index in [0.717, 1.165) is 18.1 Å². The van der Waals surface area contributed by atoms with Crippen molar-refractivity contribution >= 4 is 6.29 Å². The molecule has 0 aliphatic heterocycles. The lowest BCUT2D eigenvalue weighted by molar-refractivity contribution is -0.109. The highest BCUT2D eigenvalue weighted by Crippen LogP contribution is 2.30. The Morgan fingerprint density at radius 2 is 1.50 bits per heavy atom. The highest BCUT2D eigenvalue weighted by molar-refractivity contribution is 5.49. The molecule has 4 atom stereocenters. The van der Waals surface area contributed by atoms with E-state index in [2.05, 4.69) is 34.6 Å². The van der Waals surface area contributed by atoms with Crippen molar-refractivity contribution in [3.63, 3.8) is 0 Å². The molecule has 0 bridgehead atoms. The van der Waals surface area contributed by atoms with Gasteiger partial charge in [0.2, 0.25) is 0 Å². The van der Waals surface area contributed by atoms with Crippen molar-refractivity contribution in [2.45, 2.75) is 53.9 Å². The third-order valence-electron chi connectivity index (χ3n) is 3.84. The predicted molar refractivity (Wildman–Crippen MR) is 62.2 cm³/mol. The first-order valence-electron chi connectivity index (χ1n) is 5.98. The summed E-state index contributed by atoms with van der Waals surface area (Å²) in [5.74, 6) is 2.69. The van der Waals surface area contributed by atoms with Gasteiger partial charge in [0.05, 0.1) is 0 Å². The van der Waals surface area contributed by atoms with E-state index in [0.29, 0.717) is 18.3 Å². The highest BCUT2D eigenvalue weighted by atomic mass is 16.1. The van der Waals surface area contributed by atoms with Crippen LogP contribution in [0.4, 0.5) is 0 Å². The lowest BCUT2D eigenvalue weighted by atomic mass is 9.76. The minimum absolute atomic E-state index is 0.529. The van der Waals surface area contributed by atoms with E-state index in [1.807, 2.05) is 0 Å². The molecule has 0 saturated carbocycles. The molecule has 0 radical (unpaired) electrons. The van der Waals surface area contributed by atoms with E-state index >= 15 is 0 Å². The molecular formula is C13H26O. The van der Waals surface area contributed by atoms with Gasteiger partial charge in [-0.25, -0.2) is 0 Å². The number of aldehydes is 1. The molecule has 0 saturated heterocycles. The van der Waals surface area contributed by atoms with Crippen molar-refractivity contribution in [3.8, 4) is 0 Å². The third kappa shape index (κ3) is 4.26. The summed E-state index contributed by atoms with van der Waals surface area (Å²) in [7, 11) is 0. The quantitative estimate of drug-likeness (QED) is 0.567. The lowest BCUT2D eigenvalue weighted by Gasteiger charge is -2.29. The van der Waals surface area contributed by atoms with Crippen LogP contribution in [0, 0.1) is 23.7 Å². The summed E-state index contributed by atoms with van der Waals surface area (Å²) in [6, 6.07) is 0. The monoisotopic (exact) mass is 198 g/mol. The van der Waals surface area contributed by atoms with Crippen LogP contribution in [0.25, 0.3) is 0 Å². The average Bonchev–Trinajstić information content (AvgIpc) is 2.16. The molecule has 1 heteroatoms. The zero-order valence-corrected chi connectivity index (χ0v) is 10.4. The van der Waals surface area contributed by atoms with E-state index in [4.69, 9.17) is 0 Å². The first-order chi connectivity index (χ1) is 6.54. The molecule has 0 aliphatic rings. The summed E-state index contributed by atoms with van der Waals surface area (Å²) in [4.78, 5) is 10.4. The predicted octanol–water partition coefficient (Wildman–Crippen LogP) is 3.92. The van der Waals surface area contributed by atoms with Gasteiger partial charge < -0.3 is 4.79 Å². The fourth-order valence-electron chi connectivity index (χ4n) is 2.12. The van der Waals surface area contributed by atoms with Gasteiger partial charge in [-0.05, 0) is 23.7 Å². The van der Waals surface area contributed by atoms with Crippen molar-refractivity contribution in [1.82, 2.24) is 0 Å². The van der Waals surface area contributed by atoms with E-state index < -0.39 is 0 Å². The standard InChI is InChI=1S/C13H26O/c1-6-7-10(2)12(4)13(5)11(3)8-9-14/h9-13H,6-8H2,1-5H3. The van der Waals surface area contributed by atoms with Crippen LogP contribution >= 0.6 is 0 Å². The van der Waals surface area contributed by atoms with Crippen LogP contribution in [0.5, 0.6) is 0 Å². The molecule has 1 nitrogen and oxygen atoms in total. The maximum absolute atomic E-state index is 10.4. The van der Waals surface area contributed by atoms with Gasteiger partial charge in [0.25, 0.3) is 0 Å². The van der Waals surface area contributed by atoms with Gasteiger partial charge in [0, 0.05) is 6.42 Å². The topological polar surface area (TPSA) is 17.1 Å². The zero-order chi connectivity index (χ0) is 11.1. The van der Waals surface area contributed by atoms with Crippen molar-refractivity contribution in [1.29, 1.82) is 0 Å². The third-order valence-corrected chi connectivity index (χ3v) is 3.84. The Hall–Kier alpha value is -0.330. The van der Waals surface area contributed by atoms with Crippen LogP contribution in [0.1, 0.15) is 53.9 Å². The van der Waals surface area contributed by atoms with Gasteiger partial charge in [-0.2, -0.15) is 0 Å². The summed E-state index contributed by atoms with van der Waals surface area (Å²) in [5.41, 5.74) is 0. The first-order valence-corrected chi connectivity index (χ1v) is 5.98. The maximum Gasteiger partial charge on any atom is 0.120 e. The van der Waals surface area contributed by atoms with Crippen LogP contribution in [0.3, 0.4) is 0 Å². The van der Waals surface area contributed by atoms with Crippen molar-refractivity contribution in [2.75, 3.05) is 0 Å². The maximum atomic E-state index is 10.4. The van der Waals surface area contributed by atoms with Crippen LogP contribution < -0.4 is 0 Å². The van der Waals surface area contributed by atoms with E-state index in [1.165, 1.54) is 12.8 Å². The molecule has 84 valence electrons. The number of carbonyl (C=O) groups excluding carboxylic acids is 1. The van der Waals surface area contributed by atoms with Gasteiger partial charge in [0.15, 0.2) is 0 Å². The number of hydrogen-bond acceptors (Lipinski definition) is 1. The molecule has 0 spiro atoms. The second-order valence-corrected chi connectivity index (χ2v) is 4.86. The highest BCUT2D eigenvalue weighted by Gasteiger charge is 2.22. The minimum atomic E-state index is 0.529. The largest absolute Gasteiger partial charge is 0.303 e. The molecule has 0 heterocycles. The normalized spacial score (nSPS) is 19.8. The number of rotatable bonds is 7. The van der Waals surface area contributed by atoms with Crippen LogP contribution in [0.15, 0.2) is 0 Å². The summed E-state index contributed by atoms with van der Waals surface area (Å²) in [6.07, 6.45) is 4.34. The first kappa shape index (κ1) is 13.7. The summed E-state index contributed by atoms with van der Waals surface area (Å²) in [6.45, 7) is 11.4. The fraction of sp³-hybridized carbons (Fsp3) is 0.923. The molecule has 0 aromatic heterocycles. The molecule has 4 unspecified atom stereocenters. The Morgan fingerprint density at radius 3 is 1.93 bits per heavy atom. The van der Waals surface area contributed by atoms with Crippen molar-refractivity contribution in [3.05, 3.63) is 0 Å². The van der Waals surface area contributed by atoms with Crippen molar-refractivity contribution < 1.29 is 4.79 Å². The van der Waals surface area contributed by atoms with Gasteiger partial charge in [-0.1, -0.05) is 47.5 Å². The molecule has 0 N–H and O–H groups in total. The molecule has 0 aromatic carbocycles. The van der Waals surface area contributed by atoms with Crippen LogP contribution in [-0.2, 0) is 4.79 Å². The summed E-state index contributed by atoms with van der Waals surface area (Å²) in [5, 5.41) is 0. The van der Waals surface area contributed by atoms with Crippen molar-refractivity contribution in [2.24, 2.45) is 23.7 Å². The van der Waals surface area contributed by atoms with E-state index in [1.54, 1.807) is 0 Å². The lowest BCUT2D eigenvalue weighted by Crippen LogP contribution is -2.22. The zero-order valence-electron chi connectivity index (χ0n) is 10.4. The molecule has 0 fully saturated rings. The van der Waals surface area contributed by atoms with E-state index in [9.17, 15) is 4.79 Å². The molecule has 0 rings (SSSR count). The Kier molecular flexibility index (Phi) is 6.86. The fourth-order valence-corrected chi connectivity index (χ4v) is 2.12. The SMILES string of the molecule is CCCC(C)C(C)C(C)C(C)CC=O. The molecular weight excluding hydrogens is 172 g/mol. The Bertz CT molecular complexity index is 153. The Morgan fingerprint density at radius 1 is 1.00 bits per heavy atom. The van der Waals surface area contributed by atoms with Crippen LogP contribution in [0.2, 0.25) is 0 Å². The van der Waals surface area contributed by atoms with Gasteiger partial charge in [0.1, 0.15) is 6.29 Å². The Balaban J connectivity index is 4.07. The molecule has 0 amide bonds. The van der Waals surface area contributed by atoms with Crippen LogP contribution in [-0.4, -0.2) is 6.29 Å². The smallest absolute Gasteiger partial charge is 0.120 e. The molecule has 0 aliphatic carbocycles. The second kappa shape index (κ2) is 7.03. The molecule has 0 aromatic rings. The number of carbonyl (C=O) groups is 1.